The minimum absolute atomic E-state index is 0.0104. The van der Waals surface area contributed by atoms with Gasteiger partial charge < -0.3 is 4.74 Å². The van der Waals surface area contributed by atoms with E-state index in [0.717, 1.165) is 38.5 Å². The third kappa shape index (κ3) is 3.21. The first-order chi connectivity index (χ1) is 9.18. The molecule has 0 bridgehead atoms. The standard InChI is InChI=1S/C16H21FO2/c1-2-19-16(11-5-3-4-6-12-16)15(18)13-7-9-14(17)10-8-13/h7-10H,2-6,11-12H2,1H3. The molecule has 0 spiro atoms. The van der Waals surface area contributed by atoms with Crippen molar-refractivity contribution < 1.29 is 13.9 Å². The molecule has 0 aromatic heterocycles. The van der Waals surface area contributed by atoms with Crippen molar-refractivity contribution in [2.45, 2.75) is 51.0 Å². The van der Waals surface area contributed by atoms with Crippen LogP contribution in [0.1, 0.15) is 55.8 Å². The molecule has 2 nitrogen and oxygen atoms in total. The lowest BCUT2D eigenvalue weighted by molar-refractivity contribution is -0.0292. The van der Waals surface area contributed by atoms with E-state index < -0.39 is 5.60 Å². The van der Waals surface area contributed by atoms with E-state index in [1.807, 2.05) is 6.92 Å². The summed E-state index contributed by atoms with van der Waals surface area (Å²) in [6, 6.07) is 5.79. The van der Waals surface area contributed by atoms with Crippen molar-refractivity contribution in [2.24, 2.45) is 0 Å². The number of carbonyl (C=O) groups is 1. The fourth-order valence-corrected chi connectivity index (χ4v) is 2.88. The Morgan fingerprint density at radius 2 is 1.74 bits per heavy atom. The van der Waals surface area contributed by atoms with Crippen molar-refractivity contribution in [3.63, 3.8) is 0 Å². The quantitative estimate of drug-likeness (QED) is 0.603. The highest BCUT2D eigenvalue weighted by Gasteiger charge is 2.39. The van der Waals surface area contributed by atoms with Gasteiger partial charge in [0.25, 0.3) is 0 Å². The summed E-state index contributed by atoms with van der Waals surface area (Å²) in [6.45, 7) is 2.46. The topological polar surface area (TPSA) is 26.3 Å². The summed E-state index contributed by atoms with van der Waals surface area (Å²) in [6.07, 6.45) is 5.91. The zero-order chi connectivity index (χ0) is 13.7. The first-order valence-corrected chi connectivity index (χ1v) is 7.12. The van der Waals surface area contributed by atoms with Gasteiger partial charge in [-0.2, -0.15) is 0 Å². The summed E-state index contributed by atoms with van der Waals surface area (Å²) >= 11 is 0. The molecule has 0 unspecified atom stereocenters. The Morgan fingerprint density at radius 3 is 2.26 bits per heavy atom. The van der Waals surface area contributed by atoms with Gasteiger partial charge in [0.15, 0.2) is 5.78 Å². The van der Waals surface area contributed by atoms with Crippen LogP contribution in [-0.4, -0.2) is 18.0 Å². The lowest BCUT2D eigenvalue weighted by atomic mass is 9.85. The molecule has 0 saturated heterocycles. The van der Waals surface area contributed by atoms with Crippen LogP contribution < -0.4 is 0 Å². The van der Waals surface area contributed by atoms with E-state index in [1.165, 1.54) is 12.1 Å². The van der Waals surface area contributed by atoms with E-state index in [9.17, 15) is 9.18 Å². The number of halogens is 1. The van der Waals surface area contributed by atoms with Crippen LogP contribution in [0.15, 0.2) is 24.3 Å². The number of carbonyl (C=O) groups excluding carboxylic acids is 1. The van der Waals surface area contributed by atoms with E-state index in [4.69, 9.17) is 4.74 Å². The molecule has 2 rings (SSSR count). The van der Waals surface area contributed by atoms with E-state index in [0.29, 0.717) is 12.2 Å². The van der Waals surface area contributed by atoms with E-state index in [-0.39, 0.29) is 11.6 Å². The van der Waals surface area contributed by atoms with Gasteiger partial charge in [0.1, 0.15) is 11.4 Å². The molecule has 1 fully saturated rings. The van der Waals surface area contributed by atoms with Gasteiger partial charge in [-0.3, -0.25) is 4.79 Å². The molecule has 104 valence electrons. The first-order valence-electron chi connectivity index (χ1n) is 7.12. The number of hydrogen-bond donors (Lipinski definition) is 0. The van der Waals surface area contributed by atoms with Gasteiger partial charge in [0.2, 0.25) is 0 Å². The van der Waals surface area contributed by atoms with Gasteiger partial charge in [0.05, 0.1) is 0 Å². The lowest BCUT2D eigenvalue weighted by Gasteiger charge is -2.31. The predicted molar refractivity (Wildman–Crippen MR) is 72.8 cm³/mol. The summed E-state index contributed by atoms with van der Waals surface area (Å²) < 4.78 is 18.8. The third-order valence-corrected chi connectivity index (χ3v) is 3.85. The maximum Gasteiger partial charge on any atom is 0.194 e. The lowest BCUT2D eigenvalue weighted by Crippen LogP contribution is -2.41. The van der Waals surface area contributed by atoms with Crippen molar-refractivity contribution in [1.82, 2.24) is 0 Å². The second-order valence-corrected chi connectivity index (χ2v) is 5.18. The Morgan fingerprint density at radius 1 is 1.16 bits per heavy atom. The van der Waals surface area contributed by atoms with Gasteiger partial charge in [0, 0.05) is 12.2 Å². The minimum atomic E-state index is -0.691. The maximum absolute atomic E-state index is 13.0. The Hall–Kier alpha value is -1.22. The highest BCUT2D eigenvalue weighted by molar-refractivity contribution is 6.02. The Bertz CT molecular complexity index is 417. The molecule has 0 atom stereocenters. The van der Waals surface area contributed by atoms with E-state index in [1.54, 1.807) is 12.1 Å². The molecule has 0 aliphatic heterocycles. The zero-order valence-corrected chi connectivity index (χ0v) is 11.5. The summed E-state index contributed by atoms with van der Waals surface area (Å²) in [4.78, 5) is 12.7. The SMILES string of the molecule is CCOC1(C(=O)c2ccc(F)cc2)CCCCCC1. The van der Waals surface area contributed by atoms with Crippen LogP contribution >= 0.6 is 0 Å². The molecular weight excluding hydrogens is 243 g/mol. The van der Waals surface area contributed by atoms with Gasteiger partial charge in [-0.1, -0.05) is 25.7 Å². The average Bonchev–Trinajstić information content (AvgIpc) is 2.66. The molecule has 0 heterocycles. The van der Waals surface area contributed by atoms with E-state index >= 15 is 0 Å². The van der Waals surface area contributed by atoms with Crippen LogP contribution in [0.2, 0.25) is 0 Å². The number of hydrogen-bond acceptors (Lipinski definition) is 2. The first kappa shape index (κ1) is 14.2. The Kier molecular flexibility index (Phi) is 4.70. The summed E-state index contributed by atoms with van der Waals surface area (Å²) in [5.74, 6) is -0.306. The minimum Gasteiger partial charge on any atom is -0.367 e. The fourth-order valence-electron chi connectivity index (χ4n) is 2.88. The van der Waals surface area contributed by atoms with E-state index in [2.05, 4.69) is 0 Å². The number of benzene rings is 1. The largest absolute Gasteiger partial charge is 0.367 e. The van der Waals surface area contributed by atoms with Crippen molar-refractivity contribution in [1.29, 1.82) is 0 Å². The average molecular weight is 264 g/mol. The smallest absolute Gasteiger partial charge is 0.194 e. The maximum atomic E-state index is 13.0. The van der Waals surface area contributed by atoms with Gasteiger partial charge >= 0.3 is 0 Å². The number of ketones is 1. The monoisotopic (exact) mass is 264 g/mol. The summed E-state index contributed by atoms with van der Waals surface area (Å²) in [5.41, 5.74) is -0.139. The predicted octanol–water partition coefficient (Wildman–Crippen LogP) is 4.14. The van der Waals surface area contributed by atoms with Gasteiger partial charge in [-0.05, 0) is 44.0 Å². The molecule has 1 aliphatic carbocycles. The summed E-state index contributed by atoms with van der Waals surface area (Å²) in [5, 5.41) is 0. The molecule has 1 aromatic rings. The van der Waals surface area contributed by atoms with Crippen LogP contribution in [0, 0.1) is 5.82 Å². The van der Waals surface area contributed by atoms with Gasteiger partial charge in [-0.15, -0.1) is 0 Å². The van der Waals surface area contributed by atoms with Gasteiger partial charge in [-0.25, -0.2) is 4.39 Å². The van der Waals surface area contributed by atoms with Crippen molar-refractivity contribution in [2.75, 3.05) is 6.61 Å². The molecule has 3 heteroatoms. The number of ether oxygens (including phenoxy) is 1. The molecule has 1 saturated carbocycles. The summed E-state index contributed by atoms with van der Waals surface area (Å²) in [7, 11) is 0. The van der Waals surface area contributed by atoms with Crippen molar-refractivity contribution in [3.05, 3.63) is 35.6 Å². The fraction of sp³-hybridized carbons (Fsp3) is 0.562. The molecule has 0 amide bonds. The molecule has 1 aromatic carbocycles. The Labute approximate surface area is 114 Å². The van der Waals surface area contributed by atoms with Crippen LogP contribution in [0.3, 0.4) is 0 Å². The van der Waals surface area contributed by atoms with Crippen LogP contribution in [0.25, 0.3) is 0 Å². The van der Waals surface area contributed by atoms with Crippen molar-refractivity contribution >= 4 is 5.78 Å². The highest BCUT2D eigenvalue weighted by Crippen LogP contribution is 2.33. The van der Waals surface area contributed by atoms with Crippen LogP contribution in [0.4, 0.5) is 4.39 Å². The van der Waals surface area contributed by atoms with Crippen LogP contribution in [-0.2, 0) is 4.74 Å². The third-order valence-electron chi connectivity index (χ3n) is 3.85. The molecule has 19 heavy (non-hydrogen) atoms. The normalized spacial score (nSPS) is 18.8. The zero-order valence-electron chi connectivity index (χ0n) is 11.5. The number of rotatable bonds is 4. The van der Waals surface area contributed by atoms with Crippen molar-refractivity contribution in [3.8, 4) is 0 Å². The molecule has 1 aliphatic rings. The van der Waals surface area contributed by atoms with Crippen LogP contribution in [0.5, 0.6) is 0 Å². The number of Topliss-reactive ketones (excluding diaryl/α,β-unsaturated/α-hetero) is 1. The second kappa shape index (κ2) is 6.29. The Balaban J connectivity index is 2.26. The molecule has 0 N–H and O–H groups in total. The second-order valence-electron chi connectivity index (χ2n) is 5.18. The molecular formula is C16H21FO2. The molecule has 0 radical (unpaired) electrons. The highest BCUT2D eigenvalue weighted by atomic mass is 19.1.